The van der Waals surface area contributed by atoms with E-state index < -0.39 is 0 Å². The van der Waals surface area contributed by atoms with Crippen LogP contribution in [0.15, 0.2) is 29.6 Å². The van der Waals surface area contributed by atoms with Gasteiger partial charge in [-0.2, -0.15) is 0 Å². The van der Waals surface area contributed by atoms with Crippen molar-refractivity contribution in [2.24, 2.45) is 0 Å². The summed E-state index contributed by atoms with van der Waals surface area (Å²) in [6.07, 6.45) is 2.33. The molecule has 0 aliphatic carbocycles. The highest BCUT2D eigenvalue weighted by atomic mass is 32.1. The topological polar surface area (TPSA) is 63.2 Å². The Hall–Kier alpha value is -1.92. The number of rotatable bonds is 5. The van der Waals surface area contributed by atoms with Crippen molar-refractivity contribution in [2.75, 3.05) is 18.4 Å². The quantitative estimate of drug-likeness (QED) is 0.883. The second kappa shape index (κ2) is 7.57. The number of aromatic nitrogens is 1. The monoisotopic (exact) mass is 331 g/mol. The second-order valence-electron chi connectivity index (χ2n) is 5.70. The number of nitrogens with zero attached hydrogens (tertiary/aromatic N) is 1. The van der Waals surface area contributed by atoms with Crippen LogP contribution in [0.5, 0.6) is 5.75 Å². The van der Waals surface area contributed by atoms with Gasteiger partial charge in [0.25, 0.3) is 0 Å². The molecule has 1 amide bonds. The van der Waals surface area contributed by atoms with Crippen LogP contribution in [0, 0.1) is 0 Å². The SMILES string of the molecule is CC(=O)Nc1ccc(OCc2csc(C3CCNCC3)n2)cc1. The summed E-state index contributed by atoms with van der Waals surface area (Å²) in [6.45, 7) is 4.13. The molecule has 2 N–H and O–H groups in total. The average molecular weight is 331 g/mol. The third-order valence-corrected chi connectivity index (χ3v) is 4.88. The molecule has 1 aromatic heterocycles. The molecule has 5 nitrogen and oxygen atoms in total. The van der Waals surface area contributed by atoms with Crippen LogP contribution in [0.4, 0.5) is 5.69 Å². The van der Waals surface area contributed by atoms with E-state index in [-0.39, 0.29) is 5.91 Å². The van der Waals surface area contributed by atoms with Crippen molar-refractivity contribution in [3.05, 3.63) is 40.3 Å². The molecular weight excluding hydrogens is 310 g/mol. The van der Waals surface area contributed by atoms with Crippen LogP contribution in [0.25, 0.3) is 0 Å². The highest BCUT2D eigenvalue weighted by Gasteiger charge is 2.18. The molecule has 3 rings (SSSR count). The Morgan fingerprint density at radius 3 is 2.78 bits per heavy atom. The highest BCUT2D eigenvalue weighted by molar-refractivity contribution is 7.09. The van der Waals surface area contributed by atoms with Gasteiger partial charge in [0.1, 0.15) is 12.4 Å². The molecule has 0 unspecified atom stereocenters. The van der Waals surface area contributed by atoms with Gasteiger partial charge in [-0.15, -0.1) is 11.3 Å². The number of amides is 1. The lowest BCUT2D eigenvalue weighted by atomic mass is 9.99. The molecule has 0 radical (unpaired) electrons. The third kappa shape index (κ3) is 4.53. The second-order valence-corrected chi connectivity index (χ2v) is 6.59. The van der Waals surface area contributed by atoms with Crippen LogP contribution in [0.3, 0.4) is 0 Å². The van der Waals surface area contributed by atoms with Crippen molar-refractivity contribution < 1.29 is 9.53 Å². The summed E-state index contributed by atoms with van der Waals surface area (Å²) in [5, 5.41) is 9.43. The maximum Gasteiger partial charge on any atom is 0.221 e. The van der Waals surface area contributed by atoms with Crippen LogP contribution in [0.2, 0.25) is 0 Å². The summed E-state index contributed by atoms with van der Waals surface area (Å²) < 4.78 is 5.77. The van der Waals surface area contributed by atoms with E-state index in [1.54, 1.807) is 11.3 Å². The lowest BCUT2D eigenvalue weighted by Gasteiger charge is -2.20. The first kappa shape index (κ1) is 16.0. The summed E-state index contributed by atoms with van der Waals surface area (Å²) in [7, 11) is 0. The molecule has 6 heteroatoms. The van der Waals surface area contributed by atoms with Gasteiger partial charge in [-0.05, 0) is 50.2 Å². The molecule has 1 fully saturated rings. The van der Waals surface area contributed by atoms with Crippen LogP contribution in [0.1, 0.15) is 36.4 Å². The van der Waals surface area contributed by atoms with Crippen molar-refractivity contribution in [2.45, 2.75) is 32.3 Å². The number of benzene rings is 1. The van der Waals surface area contributed by atoms with Gasteiger partial charge >= 0.3 is 0 Å². The summed E-state index contributed by atoms with van der Waals surface area (Å²) in [4.78, 5) is 15.7. The number of hydrogen-bond donors (Lipinski definition) is 2. The number of piperidine rings is 1. The van der Waals surface area contributed by atoms with Gasteiger partial charge in [0, 0.05) is 23.9 Å². The minimum Gasteiger partial charge on any atom is -0.487 e. The van der Waals surface area contributed by atoms with Crippen molar-refractivity contribution in [1.82, 2.24) is 10.3 Å². The Balaban J connectivity index is 1.53. The molecule has 122 valence electrons. The summed E-state index contributed by atoms with van der Waals surface area (Å²) >= 11 is 1.73. The van der Waals surface area contributed by atoms with Crippen LogP contribution < -0.4 is 15.4 Å². The highest BCUT2D eigenvalue weighted by Crippen LogP contribution is 2.28. The standard InChI is InChI=1S/C17H21N3O2S/c1-12(21)19-14-2-4-16(5-3-14)22-10-15-11-23-17(20-15)13-6-8-18-9-7-13/h2-5,11,13,18H,6-10H2,1H3,(H,19,21). The van der Waals surface area contributed by atoms with Gasteiger partial charge in [-0.25, -0.2) is 4.98 Å². The van der Waals surface area contributed by atoms with E-state index in [9.17, 15) is 4.79 Å². The molecular formula is C17H21N3O2S. The van der Waals surface area contributed by atoms with E-state index in [0.29, 0.717) is 12.5 Å². The Labute approximate surface area is 140 Å². The number of thiazole rings is 1. The molecule has 0 atom stereocenters. The summed E-state index contributed by atoms with van der Waals surface area (Å²) in [5.74, 6) is 1.29. The molecule has 2 heterocycles. The van der Waals surface area contributed by atoms with E-state index in [0.717, 1.165) is 30.2 Å². The number of carbonyl (C=O) groups excluding carboxylic acids is 1. The number of carbonyl (C=O) groups is 1. The van der Waals surface area contributed by atoms with Crippen molar-refractivity contribution in [1.29, 1.82) is 0 Å². The molecule has 1 aliphatic heterocycles. The van der Waals surface area contributed by atoms with Gasteiger partial charge < -0.3 is 15.4 Å². The molecule has 1 aromatic carbocycles. The van der Waals surface area contributed by atoms with Crippen LogP contribution in [-0.4, -0.2) is 24.0 Å². The first-order chi connectivity index (χ1) is 11.2. The minimum atomic E-state index is -0.0772. The lowest BCUT2D eigenvalue weighted by molar-refractivity contribution is -0.114. The molecule has 1 saturated heterocycles. The maximum atomic E-state index is 11.0. The number of nitrogens with one attached hydrogen (secondary N) is 2. The van der Waals surface area contributed by atoms with E-state index in [1.165, 1.54) is 24.8 Å². The van der Waals surface area contributed by atoms with E-state index in [4.69, 9.17) is 9.72 Å². The van der Waals surface area contributed by atoms with Gasteiger partial charge in [0.15, 0.2) is 0 Å². The fourth-order valence-corrected chi connectivity index (χ4v) is 3.62. The van der Waals surface area contributed by atoms with Crippen molar-refractivity contribution >= 4 is 22.9 Å². The summed E-state index contributed by atoms with van der Waals surface area (Å²) in [6, 6.07) is 7.37. The van der Waals surface area contributed by atoms with Gasteiger partial charge in [0.2, 0.25) is 5.91 Å². The first-order valence-corrected chi connectivity index (χ1v) is 8.74. The van der Waals surface area contributed by atoms with Gasteiger partial charge in [0.05, 0.1) is 10.7 Å². The fraction of sp³-hybridized carbons (Fsp3) is 0.412. The number of ether oxygens (including phenoxy) is 1. The third-order valence-electron chi connectivity index (χ3n) is 3.82. The molecule has 0 spiro atoms. The minimum absolute atomic E-state index is 0.0772. The van der Waals surface area contributed by atoms with E-state index in [1.807, 2.05) is 24.3 Å². The zero-order valence-electron chi connectivity index (χ0n) is 13.2. The smallest absolute Gasteiger partial charge is 0.221 e. The maximum absolute atomic E-state index is 11.0. The molecule has 23 heavy (non-hydrogen) atoms. The zero-order valence-corrected chi connectivity index (χ0v) is 14.0. The normalized spacial score (nSPS) is 15.3. The Morgan fingerprint density at radius 2 is 2.09 bits per heavy atom. The first-order valence-electron chi connectivity index (χ1n) is 7.86. The molecule has 0 saturated carbocycles. The summed E-state index contributed by atoms with van der Waals surface area (Å²) in [5.41, 5.74) is 1.75. The predicted molar refractivity (Wildman–Crippen MR) is 92.0 cm³/mol. The van der Waals surface area contributed by atoms with E-state index >= 15 is 0 Å². The van der Waals surface area contributed by atoms with Gasteiger partial charge in [-0.3, -0.25) is 4.79 Å². The number of anilines is 1. The average Bonchev–Trinajstić information content (AvgIpc) is 3.04. The molecule has 0 bridgehead atoms. The fourth-order valence-electron chi connectivity index (χ4n) is 2.64. The molecule has 1 aliphatic rings. The largest absolute Gasteiger partial charge is 0.487 e. The van der Waals surface area contributed by atoms with E-state index in [2.05, 4.69) is 16.0 Å². The van der Waals surface area contributed by atoms with Crippen molar-refractivity contribution in [3.63, 3.8) is 0 Å². The Morgan fingerprint density at radius 1 is 1.35 bits per heavy atom. The van der Waals surface area contributed by atoms with Crippen LogP contribution in [-0.2, 0) is 11.4 Å². The molecule has 2 aromatic rings. The van der Waals surface area contributed by atoms with Crippen LogP contribution >= 0.6 is 11.3 Å². The Bertz CT molecular complexity index is 648. The lowest BCUT2D eigenvalue weighted by Crippen LogP contribution is -2.26. The Kier molecular flexibility index (Phi) is 5.25. The van der Waals surface area contributed by atoms with Gasteiger partial charge in [-0.1, -0.05) is 0 Å². The zero-order chi connectivity index (χ0) is 16.1. The number of hydrogen-bond acceptors (Lipinski definition) is 5. The van der Waals surface area contributed by atoms with Crippen molar-refractivity contribution in [3.8, 4) is 5.75 Å². The predicted octanol–water partition coefficient (Wildman–Crippen LogP) is 3.15.